The van der Waals surface area contributed by atoms with Gasteiger partial charge >= 0.3 is 0 Å². The maximum Gasteiger partial charge on any atom is 0.290 e. The first-order valence-corrected chi connectivity index (χ1v) is 11.4. The molecule has 4 rings (SSSR count). The number of halogens is 2. The van der Waals surface area contributed by atoms with Crippen LogP contribution in [0.15, 0.2) is 58.2 Å². The number of amides is 1. The highest BCUT2D eigenvalue weighted by Gasteiger charge is 2.44. The first-order chi connectivity index (χ1) is 16.2. The van der Waals surface area contributed by atoms with Crippen LogP contribution in [-0.4, -0.2) is 60.9 Å². The van der Waals surface area contributed by atoms with Crippen molar-refractivity contribution < 1.29 is 23.8 Å². The van der Waals surface area contributed by atoms with Crippen molar-refractivity contribution in [3.8, 4) is 5.75 Å². The zero-order chi connectivity index (χ0) is 24.6. The molecule has 1 unspecified atom stereocenters. The number of carbonyl (C=O) groups is 2. The molecule has 1 aliphatic heterocycles. The Labute approximate surface area is 207 Å². The number of aliphatic hydroxyl groups is 1. The largest absolute Gasteiger partial charge is 0.503 e. The predicted octanol–water partition coefficient (Wildman–Crippen LogP) is 5.28. The van der Waals surface area contributed by atoms with E-state index in [1.165, 1.54) is 18.1 Å². The molecule has 2 aromatic carbocycles. The summed E-state index contributed by atoms with van der Waals surface area (Å²) in [6.07, 6.45) is 0.665. The van der Waals surface area contributed by atoms with Gasteiger partial charge in [0, 0.05) is 28.0 Å². The highest BCUT2D eigenvalue weighted by molar-refractivity contribution is 6.31. The van der Waals surface area contributed by atoms with E-state index in [4.69, 9.17) is 32.4 Å². The molecule has 1 aliphatic rings. The van der Waals surface area contributed by atoms with Gasteiger partial charge in [0.15, 0.2) is 22.9 Å². The van der Waals surface area contributed by atoms with Gasteiger partial charge in [-0.2, -0.15) is 0 Å². The van der Waals surface area contributed by atoms with Gasteiger partial charge in [-0.15, -0.1) is 0 Å². The van der Waals surface area contributed by atoms with Crippen LogP contribution in [0.2, 0.25) is 10.0 Å². The molecule has 178 valence electrons. The first kappa shape index (κ1) is 24.1. The molecule has 0 radical (unpaired) electrons. The molecule has 34 heavy (non-hydrogen) atoms. The first-order valence-electron chi connectivity index (χ1n) is 10.7. The third kappa shape index (κ3) is 4.51. The number of aliphatic hydroxyl groups excluding tert-OH is 1. The van der Waals surface area contributed by atoms with Crippen molar-refractivity contribution in [3.63, 3.8) is 0 Å². The molecule has 1 atom stereocenters. The number of Topliss-reactive ketones (excluding diaryl/α,β-unsaturated/α-hetero) is 1. The highest BCUT2D eigenvalue weighted by atomic mass is 35.5. The van der Waals surface area contributed by atoms with Gasteiger partial charge in [0.25, 0.3) is 5.91 Å². The van der Waals surface area contributed by atoms with Gasteiger partial charge in [0.05, 0.1) is 18.7 Å². The number of benzene rings is 2. The molecule has 0 saturated carbocycles. The predicted molar refractivity (Wildman–Crippen MR) is 131 cm³/mol. The Kier molecular flexibility index (Phi) is 6.89. The number of methoxy groups -OCH3 is 1. The van der Waals surface area contributed by atoms with Crippen molar-refractivity contribution >= 4 is 45.9 Å². The number of rotatable bonds is 8. The van der Waals surface area contributed by atoms with Crippen molar-refractivity contribution in [3.05, 3.63) is 75.2 Å². The number of nitrogens with zero attached hydrogens (tertiary/aromatic N) is 2. The van der Waals surface area contributed by atoms with Crippen LogP contribution in [0.3, 0.4) is 0 Å². The Balaban J connectivity index is 1.77. The van der Waals surface area contributed by atoms with Crippen molar-refractivity contribution in [2.45, 2.75) is 12.5 Å². The van der Waals surface area contributed by atoms with E-state index in [1.54, 1.807) is 36.4 Å². The molecule has 9 heteroatoms. The molecule has 0 spiro atoms. The molecule has 0 aliphatic carbocycles. The molecule has 1 aromatic heterocycles. The number of hydrogen-bond acceptors (Lipinski definition) is 6. The third-order valence-corrected chi connectivity index (χ3v) is 6.20. The summed E-state index contributed by atoms with van der Waals surface area (Å²) < 4.78 is 11.1. The van der Waals surface area contributed by atoms with Crippen molar-refractivity contribution in [2.75, 3.05) is 34.3 Å². The summed E-state index contributed by atoms with van der Waals surface area (Å²) in [5, 5.41) is 12.3. The highest BCUT2D eigenvalue weighted by Crippen LogP contribution is 2.41. The Morgan fingerprint density at radius 1 is 1.15 bits per heavy atom. The Morgan fingerprint density at radius 2 is 1.85 bits per heavy atom. The second-order valence-electron chi connectivity index (χ2n) is 8.34. The quantitative estimate of drug-likeness (QED) is 0.422. The normalized spacial score (nSPS) is 16.2. The van der Waals surface area contributed by atoms with E-state index in [0.717, 1.165) is 6.54 Å². The minimum absolute atomic E-state index is 0.0287. The lowest BCUT2D eigenvalue weighted by atomic mass is 9.95. The van der Waals surface area contributed by atoms with Crippen LogP contribution in [0.1, 0.15) is 28.6 Å². The Morgan fingerprint density at radius 3 is 2.50 bits per heavy atom. The fourth-order valence-electron chi connectivity index (χ4n) is 4.15. The van der Waals surface area contributed by atoms with E-state index in [9.17, 15) is 14.7 Å². The SMILES string of the molecule is COc1cc(Cl)cc2cc(C(=O)C3=C(O)C(=O)N(CCCN(C)C)C3c3ccc(Cl)cc3)oc12. The average Bonchev–Trinajstić information content (AvgIpc) is 3.33. The molecular formula is C25H24Cl2N2O5. The lowest BCUT2D eigenvalue weighted by Crippen LogP contribution is -2.33. The number of ether oxygens (including phenoxy) is 1. The number of ketones is 1. The van der Waals surface area contributed by atoms with E-state index in [0.29, 0.717) is 45.3 Å². The van der Waals surface area contributed by atoms with Gasteiger partial charge in [0.1, 0.15) is 0 Å². The monoisotopic (exact) mass is 502 g/mol. The van der Waals surface area contributed by atoms with E-state index in [1.807, 2.05) is 19.0 Å². The van der Waals surface area contributed by atoms with Gasteiger partial charge in [-0.1, -0.05) is 35.3 Å². The Bertz CT molecular complexity index is 1280. The zero-order valence-electron chi connectivity index (χ0n) is 19.0. The Hall–Kier alpha value is -3.00. The number of hydrogen-bond donors (Lipinski definition) is 1. The van der Waals surface area contributed by atoms with Crippen LogP contribution in [-0.2, 0) is 4.79 Å². The molecule has 3 aromatic rings. The fraction of sp³-hybridized carbons (Fsp3) is 0.280. The van der Waals surface area contributed by atoms with Crippen LogP contribution in [0.4, 0.5) is 0 Å². The summed E-state index contributed by atoms with van der Waals surface area (Å²) >= 11 is 12.2. The lowest BCUT2D eigenvalue weighted by Gasteiger charge is -2.27. The smallest absolute Gasteiger partial charge is 0.290 e. The fourth-order valence-corrected chi connectivity index (χ4v) is 4.49. The van der Waals surface area contributed by atoms with Crippen LogP contribution < -0.4 is 4.74 Å². The van der Waals surface area contributed by atoms with E-state index < -0.39 is 23.5 Å². The summed E-state index contributed by atoms with van der Waals surface area (Å²) in [6, 6.07) is 10.8. The maximum absolute atomic E-state index is 13.6. The van der Waals surface area contributed by atoms with Crippen LogP contribution in [0.25, 0.3) is 11.0 Å². The summed E-state index contributed by atoms with van der Waals surface area (Å²) in [5.74, 6) is -1.42. The van der Waals surface area contributed by atoms with Gasteiger partial charge in [0.2, 0.25) is 5.78 Å². The molecule has 0 fully saturated rings. The van der Waals surface area contributed by atoms with Gasteiger partial charge in [-0.05, 0) is 56.9 Å². The minimum Gasteiger partial charge on any atom is -0.503 e. The van der Waals surface area contributed by atoms with Gasteiger partial charge in [-0.3, -0.25) is 9.59 Å². The number of fused-ring (bicyclic) bond motifs is 1. The van der Waals surface area contributed by atoms with E-state index in [2.05, 4.69) is 0 Å². The second-order valence-corrected chi connectivity index (χ2v) is 9.21. The second kappa shape index (κ2) is 9.70. The van der Waals surface area contributed by atoms with Gasteiger partial charge in [-0.25, -0.2) is 0 Å². The number of carbonyl (C=O) groups excluding carboxylic acids is 2. The summed E-state index contributed by atoms with van der Waals surface area (Å²) in [6.45, 7) is 1.10. The van der Waals surface area contributed by atoms with Crippen LogP contribution in [0, 0.1) is 0 Å². The minimum atomic E-state index is -0.780. The standard InChI is InChI=1S/C25H24Cl2N2O5/c1-28(2)9-4-10-29-21(14-5-7-16(26)8-6-14)20(23(31)25(29)32)22(30)18-12-15-11-17(27)13-19(33-3)24(15)34-18/h5-8,11-13,21,31H,4,9-10H2,1-3H3. The van der Waals surface area contributed by atoms with Crippen LogP contribution in [0.5, 0.6) is 5.75 Å². The van der Waals surface area contributed by atoms with Crippen molar-refractivity contribution in [2.24, 2.45) is 0 Å². The molecule has 0 bridgehead atoms. The summed E-state index contributed by atoms with van der Waals surface area (Å²) in [4.78, 5) is 30.2. The van der Waals surface area contributed by atoms with Crippen molar-refractivity contribution in [1.82, 2.24) is 9.80 Å². The molecule has 1 amide bonds. The van der Waals surface area contributed by atoms with Crippen LogP contribution >= 0.6 is 23.2 Å². The molecule has 2 heterocycles. The molecule has 0 saturated heterocycles. The number of furan rings is 1. The molecule has 7 nitrogen and oxygen atoms in total. The maximum atomic E-state index is 13.6. The van der Waals surface area contributed by atoms with Crippen molar-refractivity contribution in [1.29, 1.82) is 0 Å². The third-order valence-electron chi connectivity index (χ3n) is 5.73. The average molecular weight is 503 g/mol. The molecule has 1 N–H and O–H groups in total. The summed E-state index contributed by atoms with van der Waals surface area (Å²) in [7, 11) is 5.35. The van der Waals surface area contributed by atoms with E-state index >= 15 is 0 Å². The summed E-state index contributed by atoms with van der Waals surface area (Å²) in [5.41, 5.74) is 0.971. The molecular weight excluding hydrogens is 479 g/mol. The zero-order valence-corrected chi connectivity index (χ0v) is 20.5. The topological polar surface area (TPSA) is 83.2 Å². The lowest BCUT2D eigenvalue weighted by molar-refractivity contribution is -0.129. The van der Waals surface area contributed by atoms with Gasteiger partial charge < -0.3 is 24.1 Å². The van der Waals surface area contributed by atoms with E-state index in [-0.39, 0.29) is 11.3 Å².